The second kappa shape index (κ2) is 10.9. The first-order valence-corrected chi connectivity index (χ1v) is 13.6. The number of H-pyrrole nitrogens is 1. The van der Waals surface area contributed by atoms with Gasteiger partial charge >= 0.3 is 11.7 Å². The quantitative estimate of drug-likeness (QED) is 0.138. The average Bonchev–Trinajstić information content (AvgIpc) is 3.62. The van der Waals surface area contributed by atoms with Gasteiger partial charge in [0.25, 0.3) is 22.7 Å². The van der Waals surface area contributed by atoms with Crippen LogP contribution in [0.4, 0.5) is 21.5 Å². The fraction of sp³-hybridized carbons (Fsp3) is 0.167. The minimum Gasteiger partial charge on any atom is -0.478 e. The number of nitrogens with zero attached hydrogens (tertiary/aromatic N) is 2. The predicted octanol–water partition coefficient (Wildman–Crippen LogP) is 1.44. The van der Waals surface area contributed by atoms with E-state index < -0.39 is 46.2 Å². The van der Waals surface area contributed by atoms with Gasteiger partial charge in [-0.2, -0.15) is 0 Å². The Hall–Kier alpha value is -6.12. The molecule has 0 radical (unpaired) electrons. The molecular weight excluding hydrogens is 589 g/mol. The van der Waals surface area contributed by atoms with Gasteiger partial charge in [-0.05, 0) is 66.3 Å². The van der Waals surface area contributed by atoms with Crippen molar-refractivity contribution in [3.8, 4) is 0 Å². The summed E-state index contributed by atoms with van der Waals surface area (Å²) in [6.45, 7) is 1.61. The zero-order valence-corrected chi connectivity index (χ0v) is 23.5. The van der Waals surface area contributed by atoms with Gasteiger partial charge in [0.2, 0.25) is 0 Å². The molecule has 45 heavy (non-hydrogen) atoms. The lowest BCUT2D eigenvalue weighted by molar-refractivity contribution is 0.0695. The van der Waals surface area contributed by atoms with Crippen LogP contribution in [0.15, 0.2) is 57.0 Å². The van der Waals surface area contributed by atoms with E-state index in [9.17, 15) is 38.3 Å². The van der Waals surface area contributed by atoms with Crippen LogP contribution < -0.4 is 38.2 Å². The number of hydrogen-bond acceptors (Lipinski definition) is 9. The molecule has 0 aliphatic heterocycles. The second-order valence-electron chi connectivity index (χ2n) is 10.6. The summed E-state index contributed by atoms with van der Waals surface area (Å²) in [7, 11) is 0. The highest BCUT2D eigenvalue weighted by molar-refractivity contribution is 5.98. The number of fused-ring (bicyclic) bond motifs is 2. The molecule has 0 spiro atoms. The number of aromatic carboxylic acids is 1. The summed E-state index contributed by atoms with van der Waals surface area (Å²) in [6, 6.07) is 7.71. The van der Waals surface area contributed by atoms with E-state index in [4.69, 9.17) is 5.73 Å². The highest BCUT2D eigenvalue weighted by atomic mass is 19.1. The summed E-state index contributed by atoms with van der Waals surface area (Å²) in [5.74, 6) is -3.11. The Balaban J connectivity index is 1.22. The van der Waals surface area contributed by atoms with Crippen LogP contribution in [0.5, 0.6) is 0 Å². The molecule has 6 rings (SSSR count). The van der Waals surface area contributed by atoms with Crippen LogP contribution in [-0.2, 0) is 13.0 Å². The third-order valence-corrected chi connectivity index (χ3v) is 7.89. The van der Waals surface area contributed by atoms with Gasteiger partial charge in [0.1, 0.15) is 28.6 Å². The molecule has 0 bridgehead atoms. The zero-order chi connectivity index (χ0) is 32.2. The van der Waals surface area contributed by atoms with Crippen molar-refractivity contribution in [1.82, 2.24) is 25.0 Å². The maximum Gasteiger partial charge on any atom is 0.335 e. The van der Waals surface area contributed by atoms with Crippen LogP contribution in [-0.4, -0.2) is 37.3 Å². The van der Waals surface area contributed by atoms with Gasteiger partial charge in [0.05, 0.1) is 17.3 Å². The lowest BCUT2D eigenvalue weighted by Crippen LogP contribution is -2.36. The van der Waals surface area contributed by atoms with E-state index in [1.165, 1.54) is 30.5 Å². The number of anilines is 3. The number of aromatic amines is 1. The van der Waals surface area contributed by atoms with Crippen molar-refractivity contribution in [2.45, 2.75) is 32.4 Å². The number of carboxylic acid groups (broad SMARTS) is 1. The Morgan fingerprint density at radius 2 is 1.89 bits per heavy atom. The van der Waals surface area contributed by atoms with Gasteiger partial charge in [-0.25, -0.2) is 23.4 Å². The van der Waals surface area contributed by atoms with Gasteiger partial charge in [-0.15, -0.1) is 0 Å². The molecule has 228 valence electrons. The van der Waals surface area contributed by atoms with E-state index in [2.05, 4.69) is 25.9 Å². The Kier molecular flexibility index (Phi) is 6.99. The van der Waals surface area contributed by atoms with Crippen molar-refractivity contribution in [1.29, 1.82) is 0 Å². The molecule has 0 saturated carbocycles. The predicted molar refractivity (Wildman–Crippen MR) is 159 cm³/mol. The lowest BCUT2D eigenvalue weighted by Gasteiger charge is -2.16. The van der Waals surface area contributed by atoms with Crippen LogP contribution in [0, 0.1) is 12.7 Å². The number of nitrogens with one attached hydrogen (secondary N) is 4. The molecule has 1 aliphatic rings. The molecule has 0 fully saturated rings. The number of halogens is 1. The normalized spacial score (nSPS) is 14.0. The molecule has 2 aromatic heterocycles. The monoisotopic (exact) mass is 613 g/mol. The van der Waals surface area contributed by atoms with E-state index in [1.54, 1.807) is 13.0 Å². The number of rotatable bonds is 8. The molecule has 1 aliphatic carbocycles. The molecule has 2 heterocycles. The van der Waals surface area contributed by atoms with Gasteiger partial charge in [0.15, 0.2) is 5.65 Å². The molecule has 0 saturated heterocycles. The van der Waals surface area contributed by atoms with Gasteiger partial charge in [0, 0.05) is 12.7 Å². The summed E-state index contributed by atoms with van der Waals surface area (Å²) >= 11 is 0. The molecule has 3 aromatic carbocycles. The molecule has 2 amide bonds. The number of carboxylic acids is 1. The zero-order valence-electron chi connectivity index (χ0n) is 23.5. The smallest absolute Gasteiger partial charge is 0.335 e. The molecule has 15 heteroatoms. The maximum atomic E-state index is 14.4. The Bertz CT molecular complexity index is 2210. The van der Waals surface area contributed by atoms with Crippen LogP contribution in [0.2, 0.25) is 0 Å². The Labute approximate surface area is 251 Å². The van der Waals surface area contributed by atoms with E-state index in [1.807, 2.05) is 0 Å². The summed E-state index contributed by atoms with van der Waals surface area (Å²) in [5, 5.41) is 17.5. The molecule has 14 nitrogen and oxygen atoms in total. The summed E-state index contributed by atoms with van der Waals surface area (Å²) in [6.07, 6.45) is 2.32. The van der Waals surface area contributed by atoms with Crippen molar-refractivity contribution in [2.24, 2.45) is 0 Å². The summed E-state index contributed by atoms with van der Waals surface area (Å²) in [4.78, 5) is 80.4. The number of carbonyl (C=O) groups excluding carboxylic acids is 2. The van der Waals surface area contributed by atoms with Gasteiger partial charge in [-0.3, -0.25) is 19.2 Å². The highest BCUT2D eigenvalue weighted by Gasteiger charge is 2.29. The molecule has 0 unspecified atom stereocenters. The van der Waals surface area contributed by atoms with Crippen molar-refractivity contribution in [3.63, 3.8) is 0 Å². The summed E-state index contributed by atoms with van der Waals surface area (Å²) < 4.78 is 15.4. The fourth-order valence-electron chi connectivity index (χ4n) is 5.52. The van der Waals surface area contributed by atoms with Crippen molar-refractivity contribution in [2.75, 3.05) is 11.1 Å². The third kappa shape index (κ3) is 4.99. The van der Waals surface area contributed by atoms with E-state index in [0.717, 1.165) is 21.6 Å². The number of benzene rings is 2. The SMILES string of the molecule is Cc1c(C(=O)O)ccc2c1CC[C@@H]2NC(=O)c1cc(C(=O)NCc2ccc(F)c(Nc3c(N)c(=O)c3=O)c2)nc2c[nH]c(=O)n12. The first-order chi connectivity index (χ1) is 21.4. The second-order valence-corrected chi connectivity index (χ2v) is 10.6. The van der Waals surface area contributed by atoms with Crippen molar-refractivity contribution >= 4 is 40.5 Å². The van der Waals surface area contributed by atoms with Crippen LogP contribution >= 0.6 is 0 Å². The number of hydrogen-bond donors (Lipinski definition) is 6. The number of imidazole rings is 1. The molecule has 1 atom stereocenters. The van der Waals surface area contributed by atoms with Gasteiger partial charge in [-0.1, -0.05) is 12.1 Å². The van der Waals surface area contributed by atoms with Crippen LogP contribution in [0.3, 0.4) is 0 Å². The Morgan fingerprint density at radius 1 is 1.11 bits per heavy atom. The number of aromatic nitrogens is 3. The largest absolute Gasteiger partial charge is 0.478 e. The standard InChI is InChI=1S/C30H24FN7O7/c1-12-14-5-7-18(16(14)4-3-15(12)29(43)44)37-28(42)21-9-20(35-22-11-34-30(45)38(21)22)27(41)33-10-13-2-6-17(31)19(8-13)36-24-23(32)25(39)26(24)40/h2-4,6,8-9,11,18,36H,5,7,10,32H2,1H3,(H,33,41)(H,34,45)(H,37,42)(H,43,44)/t18-/m0/s1. The minimum atomic E-state index is -1.04. The number of nitrogens with two attached hydrogens (primary N) is 1. The molecule has 7 N–H and O–H groups in total. The van der Waals surface area contributed by atoms with Crippen molar-refractivity contribution < 1.29 is 23.9 Å². The van der Waals surface area contributed by atoms with E-state index >= 15 is 0 Å². The minimum absolute atomic E-state index is 0.0189. The summed E-state index contributed by atoms with van der Waals surface area (Å²) in [5.41, 5.74) is 5.03. The topological polar surface area (TPSA) is 218 Å². The first-order valence-electron chi connectivity index (χ1n) is 13.6. The number of nitrogen functional groups attached to an aromatic ring is 1. The average molecular weight is 614 g/mol. The van der Waals surface area contributed by atoms with E-state index in [-0.39, 0.29) is 46.2 Å². The van der Waals surface area contributed by atoms with Crippen LogP contribution in [0.1, 0.15) is 66.1 Å². The fourth-order valence-corrected chi connectivity index (χ4v) is 5.52. The maximum absolute atomic E-state index is 14.4. The third-order valence-electron chi connectivity index (χ3n) is 7.89. The molecule has 5 aromatic rings. The van der Waals surface area contributed by atoms with E-state index in [0.29, 0.717) is 24.0 Å². The van der Waals surface area contributed by atoms with Gasteiger partial charge < -0.3 is 31.8 Å². The highest BCUT2D eigenvalue weighted by Crippen LogP contribution is 2.35. The Morgan fingerprint density at radius 3 is 2.62 bits per heavy atom. The van der Waals surface area contributed by atoms with Crippen molar-refractivity contribution in [3.05, 3.63) is 119 Å². The number of carbonyl (C=O) groups is 3. The first kappa shape index (κ1) is 29.0. The lowest BCUT2D eigenvalue weighted by atomic mass is 9.98. The number of amides is 2. The molecular formula is C30H24FN7O7. The van der Waals surface area contributed by atoms with Crippen LogP contribution in [0.25, 0.3) is 5.65 Å².